The number of allylic oxidation sites excluding steroid dienone is 7. The SMILES string of the molecule is CC(C)=CC(=O)N/C=C/C(C)=C/C(C)C1C/C(C)=C/C=C/CCC(OC(N)=O)C(O)/C=C/C(O)CCC/C=C/C(=O)O1. The maximum Gasteiger partial charge on any atom is 0.404 e. The highest BCUT2D eigenvalue weighted by Gasteiger charge is 2.21. The lowest BCUT2D eigenvalue weighted by Crippen LogP contribution is -2.32. The third-order valence-corrected chi connectivity index (χ3v) is 6.33. The molecule has 0 bridgehead atoms. The number of amides is 2. The summed E-state index contributed by atoms with van der Waals surface area (Å²) in [6.45, 7) is 9.54. The first-order chi connectivity index (χ1) is 19.9. The van der Waals surface area contributed by atoms with Crippen LogP contribution < -0.4 is 11.1 Å². The van der Waals surface area contributed by atoms with E-state index in [9.17, 15) is 24.6 Å². The Morgan fingerprint density at radius 2 is 1.88 bits per heavy atom. The molecule has 1 rings (SSSR count). The average molecular weight is 585 g/mol. The van der Waals surface area contributed by atoms with Gasteiger partial charge in [0.2, 0.25) is 5.91 Å². The molecule has 9 nitrogen and oxygen atoms in total. The molecule has 0 radical (unpaired) electrons. The second kappa shape index (κ2) is 20.2. The molecule has 5 atom stereocenters. The lowest BCUT2D eigenvalue weighted by molar-refractivity contribution is -0.144. The fourth-order valence-corrected chi connectivity index (χ4v) is 4.17. The normalized spacial score (nSPS) is 27.8. The smallest absolute Gasteiger partial charge is 0.404 e. The van der Waals surface area contributed by atoms with Crippen molar-refractivity contribution in [2.45, 2.75) is 97.6 Å². The molecule has 0 fully saturated rings. The number of aliphatic hydroxyl groups is 2. The van der Waals surface area contributed by atoms with Gasteiger partial charge in [-0.3, -0.25) is 4.79 Å². The van der Waals surface area contributed by atoms with Gasteiger partial charge in [-0.05, 0) is 65.9 Å². The van der Waals surface area contributed by atoms with Gasteiger partial charge in [-0.15, -0.1) is 0 Å². The van der Waals surface area contributed by atoms with Crippen molar-refractivity contribution in [2.75, 3.05) is 0 Å². The molecular formula is C33H48N2O7. The van der Waals surface area contributed by atoms with E-state index < -0.39 is 36.5 Å². The minimum absolute atomic E-state index is 0.124. The van der Waals surface area contributed by atoms with Gasteiger partial charge in [-0.2, -0.15) is 0 Å². The van der Waals surface area contributed by atoms with Gasteiger partial charge in [-0.1, -0.05) is 66.2 Å². The van der Waals surface area contributed by atoms with Crippen LogP contribution in [0.25, 0.3) is 0 Å². The number of rotatable bonds is 6. The molecule has 9 heteroatoms. The van der Waals surface area contributed by atoms with E-state index in [1.54, 1.807) is 18.4 Å². The Kier molecular flexibility index (Phi) is 17.5. The Bertz CT molecular complexity index is 1090. The van der Waals surface area contributed by atoms with Crippen molar-refractivity contribution in [1.82, 2.24) is 5.32 Å². The summed E-state index contributed by atoms with van der Waals surface area (Å²) in [4.78, 5) is 35.8. The molecule has 0 saturated heterocycles. The fourth-order valence-electron chi connectivity index (χ4n) is 4.17. The number of aliphatic hydroxyl groups excluding tert-OH is 2. The molecule has 1 aliphatic rings. The molecule has 42 heavy (non-hydrogen) atoms. The number of hydrogen-bond acceptors (Lipinski definition) is 7. The van der Waals surface area contributed by atoms with Crippen molar-refractivity contribution in [3.05, 3.63) is 83.7 Å². The van der Waals surface area contributed by atoms with E-state index >= 15 is 0 Å². The Hall–Kier alpha value is -3.69. The van der Waals surface area contributed by atoms with E-state index in [0.29, 0.717) is 38.5 Å². The number of ether oxygens (including phenoxy) is 2. The molecule has 2 amide bonds. The highest BCUT2D eigenvalue weighted by atomic mass is 16.6. The van der Waals surface area contributed by atoms with Crippen LogP contribution >= 0.6 is 0 Å². The molecule has 5 N–H and O–H groups in total. The van der Waals surface area contributed by atoms with Crippen LogP contribution in [0.2, 0.25) is 0 Å². The third-order valence-electron chi connectivity index (χ3n) is 6.33. The topological polar surface area (TPSA) is 148 Å². The monoisotopic (exact) mass is 584 g/mol. The Morgan fingerprint density at radius 1 is 1.14 bits per heavy atom. The van der Waals surface area contributed by atoms with Crippen molar-refractivity contribution in [3.63, 3.8) is 0 Å². The highest BCUT2D eigenvalue weighted by Crippen LogP contribution is 2.21. The van der Waals surface area contributed by atoms with E-state index in [0.717, 1.165) is 16.7 Å². The van der Waals surface area contributed by atoms with Crippen LogP contribution in [0.1, 0.15) is 73.1 Å². The Balaban J connectivity index is 3.09. The Morgan fingerprint density at radius 3 is 2.57 bits per heavy atom. The molecule has 0 aromatic rings. The molecule has 232 valence electrons. The zero-order chi connectivity index (χ0) is 31.5. The van der Waals surface area contributed by atoms with Crippen LogP contribution in [0.4, 0.5) is 4.79 Å². The van der Waals surface area contributed by atoms with Crippen molar-refractivity contribution in [3.8, 4) is 0 Å². The summed E-state index contributed by atoms with van der Waals surface area (Å²) < 4.78 is 10.9. The van der Waals surface area contributed by atoms with Gasteiger partial charge in [-0.25, -0.2) is 9.59 Å². The molecule has 0 aromatic heterocycles. The largest absolute Gasteiger partial charge is 0.458 e. The molecule has 1 aliphatic heterocycles. The minimum Gasteiger partial charge on any atom is -0.458 e. The number of nitrogens with two attached hydrogens (primary N) is 1. The van der Waals surface area contributed by atoms with Crippen LogP contribution in [-0.4, -0.2) is 52.6 Å². The molecule has 0 spiro atoms. The summed E-state index contributed by atoms with van der Waals surface area (Å²) >= 11 is 0. The minimum atomic E-state index is -1.11. The number of carbonyl (C=O) groups is 3. The van der Waals surface area contributed by atoms with Gasteiger partial charge in [0.25, 0.3) is 0 Å². The van der Waals surface area contributed by atoms with E-state index in [1.165, 1.54) is 24.3 Å². The lowest BCUT2D eigenvalue weighted by Gasteiger charge is -2.22. The van der Waals surface area contributed by atoms with E-state index in [2.05, 4.69) is 5.32 Å². The summed E-state index contributed by atoms with van der Waals surface area (Å²) in [5.74, 6) is -0.764. The van der Waals surface area contributed by atoms with Crippen molar-refractivity contribution in [1.29, 1.82) is 0 Å². The van der Waals surface area contributed by atoms with Crippen LogP contribution in [0, 0.1) is 5.92 Å². The first-order valence-electron chi connectivity index (χ1n) is 14.4. The summed E-state index contributed by atoms with van der Waals surface area (Å²) in [5, 5.41) is 23.4. The van der Waals surface area contributed by atoms with Gasteiger partial charge >= 0.3 is 12.1 Å². The molecule has 1 heterocycles. The summed E-state index contributed by atoms with van der Waals surface area (Å²) in [6.07, 6.45) is 17.3. The van der Waals surface area contributed by atoms with E-state index in [-0.39, 0.29) is 11.8 Å². The maximum atomic E-state index is 12.6. The molecule has 0 saturated carbocycles. The number of carbonyl (C=O) groups excluding carboxylic acids is 3. The van der Waals surface area contributed by atoms with Crippen LogP contribution in [0.15, 0.2) is 83.7 Å². The van der Waals surface area contributed by atoms with Gasteiger partial charge < -0.3 is 30.7 Å². The zero-order valence-corrected chi connectivity index (χ0v) is 25.5. The number of hydrogen-bond donors (Lipinski definition) is 4. The summed E-state index contributed by atoms with van der Waals surface area (Å²) in [7, 11) is 0. The predicted octanol–water partition coefficient (Wildman–Crippen LogP) is 5.23. The molecule has 5 unspecified atom stereocenters. The molecule has 0 aromatic carbocycles. The van der Waals surface area contributed by atoms with Gasteiger partial charge in [0.15, 0.2) is 0 Å². The Labute approximate surface area is 250 Å². The second-order valence-electron chi connectivity index (χ2n) is 10.8. The van der Waals surface area contributed by atoms with Crippen LogP contribution in [-0.2, 0) is 19.1 Å². The summed E-state index contributed by atoms with van der Waals surface area (Å²) in [5.41, 5.74) is 7.98. The average Bonchev–Trinajstić information content (AvgIpc) is 2.89. The standard InChI is InChI=1S/C33H48N2O7/c1-23(2)20-31(38)35-19-18-25(4)21-26(5)30-22-24(3)12-8-6-10-14-29(42-33(34)40)28(37)17-16-27(36)13-9-7-11-15-32(39)41-30/h6,8,11-12,15-21,26-30,36-37H,7,9-10,13-14,22H2,1-5H3,(H2,34,40)(H,35,38)/b8-6+,15-11+,17-16+,19-18+,24-12+,25-21+. The summed E-state index contributed by atoms with van der Waals surface area (Å²) in [6, 6.07) is 0. The number of cyclic esters (lactones) is 1. The number of primary amides is 1. The zero-order valence-electron chi connectivity index (χ0n) is 25.5. The van der Waals surface area contributed by atoms with Gasteiger partial charge in [0, 0.05) is 30.7 Å². The number of nitrogens with one attached hydrogen (secondary N) is 1. The first-order valence-corrected chi connectivity index (χ1v) is 14.4. The van der Waals surface area contributed by atoms with Crippen molar-refractivity contribution < 1.29 is 34.1 Å². The second-order valence-corrected chi connectivity index (χ2v) is 10.8. The van der Waals surface area contributed by atoms with Crippen LogP contribution in [0.3, 0.4) is 0 Å². The first kappa shape index (κ1) is 36.3. The van der Waals surface area contributed by atoms with Gasteiger partial charge in [0.1, 0.15) is 18.3 Å². The van der Waals surface area contributed by atoms with Crippen molar-refractivity contribution >= 4 is 18.0 Å². The number of esters is 1. The molecular weight excluding hydrogens is 536 g/mol. The predicted molar refractivity (Wildman–Crippen MR) is 165 cm³/mol. The van der Waals surface area contributed by atoms with Gasteiger partial charge in [0.05, 0.1) is 6.10 Å². The highest BCUT2D eigenvalue weighted by molar-refractivity contribution is 5.88. The van der Waals surface area contributed by atoms with E-state index in [1.807, 2.05) is 58.9 Å². The quantitative estimate of drug-likeness (QED) is 0.145. The maximum absolute atomic E-state index is 12.6. The molecule has 0 aliphatic carbocycles. The fraction of sp³-hybridized carbons (Fsp3) is 0.485. The lowest BCUT2D eigenvalue weighted by atomic mass is 9.95. The van der Waals surface area contributed by atoms with Crippen LogP contribution in [0.5, 0.6) is 0 Å². The van der Waals surface area contributed by atoms with E-state index in [4.69, 9.17) is 15.2 Å². The van der Waals surface area contributed by atoms with Crippen molar-refractivity contribution in [2.24, 2.45) is 11.7 Å². The third kappa shape index (κ3) is 17.2.